The van der Waals surface area contributed by atoms with Crippen LogP contribution in [-0.4, -0.2) is 25.6 Å². The van der Waals surface area contributed by atoms with Gasteiger partial charge < -0.3 is 19.5 Å². The van der Waals surface area contributed by atoms with Crippen LogP contribution < -0.4 is 14.8 Å². The number of benzene rings is 3. The quantitative estimate of drug-likeness (QED) is 0.586. The van der Waals surface area contributed by atoms with Crippen LogP contribution in [0.1, 0.15) is 15.9 Å². The maximum absolute atomic E-state index is 12.4. The highest BCUT2D eigenvalue weighted by molar-refractivity contribution is 5.96. The Morgan fingerprint density at radius 1 is 0.897 bits per heavy atom. The summed E-state index contributed by atoms with van der Waals surface area (Å²) in [5.74, 6) is -0.0671. The first kappa shape index (κ1) is 19.9. The SMILES string of the molecule is COc1cccc(NC(=O)COC(=O)c2ccccc2OCc2ccccc2)c1. The maximum atomic E-state index is 12.4. The van der Waals surface area contributed by atoms with E-state index in [0.29, 0.717) is 23.8 Å². The average Bonchev–Trinajstić information content (AvgIpc) is 2.77. The topological polar surface area (TPSA) is 73.9 Å². The summed E-state index contributed by atoms with van der Waals surface area (Å²) in [6, 6.07) is 23.3. The lowest BCUT2D eigenvalue weighted by atomic mass is 10.2. The molecule has 6 nitrogen and oxygen atoms in total. The van der Waals surface area contributed by atoms with Gasteiger partial charge in [0.15, 0.2) is 6.61 Å². The van der Waals surface area contributed by atoms with Crippen LogP contribution in [0.4, 0.5) is 5.69 Å². The van der Waals surface area contributed by atoms with Gasteiger partial charge in [-0.1, -0.05) is 48.5 Å². The Hall–Kier alpha value is -3.80. The van der Waals surface area contributed by atoms with Crippen molar-refractivity contribution in [3.8, 4) is 11.5 Å². The number of ether oxygens (including phenoxy) is 3. The minimum absolute atomic E-state index is 0.262. The molecular formula is C23H21NO5. The first-order chi connectivity index (χ1) is 14.2. The minimum atomic E-state index is -0.630. The Kier molecular flexibility index (Phi) is 6.84. The fourth-order valence-electron chi connectivity index (χ4n) is 2.60. The van der Waals surface area contributed by atoms with Gasteiger partial charge in [0.25, 0.3) is 5.91 Å². The largest absolute Gasteiger partial charge is 0.497 e. The molecule has 1 amide bonds. The van der Waals surface area contributed by atoms with E-state index in [1.54, 1.807) is 55.6 Å². The smallest absolute Gasteiger partial charge is 0.342 e. The van der Waals surface area contributed by atoms with Crippen LogP contribution >= 0.6 is 0 Å². The molecule has 3 aromatic carbocycles. The van der Waals surface area contributed by atoms with E-state index in [0.717, 1.165) is 5.56 Å². The number of amides is 1. The lowest BCUT2D eigenvalue weighted by molar-refractivity contribution is -0.119. The van der Waals surface area contributed by atoms with Crippen LogP contribution in [0.3, 0.4) is 0 Å². The number of nitrogens with one attached hydrogen (secondary N) is 1. The monoisotopic (exact) mass is 391 g/mol. The van der Waals surface area contributed by atoms with E-state index in [1.807, 2.05) is 30.3 Å². The van der Waals surface area contributed by atoms with Gasteiger partial charge in [-0.25, -0.2) is 4.79 Å². The second-order valence-electron chi connectivity index (χ2n) is 6.13. The van der Waals surface area contributed by atoms with Gasteiger partial charge in [-0.05, 0) is 29.8 Å². The molecule has 3 rings (SSSR count). The summed E-state index contributed by atoms with van der Waals surface area (Å²) in [6.45, 7) is -0.0927. The molecule has 0 heterocycles. The third-order valence-electron chi connectivity index (χ3n) is 4.03. The third-order valence-corrected chi connectivity index (χ3v) is 4.03. The zero-order valence-electron chi connectivity index (χ0n) is 16.0. The van der Waals surface area contributed by atoms with Gasteiger partial charge in [-0.3, -0.25) is 4.79 Å². The number of esters is 1. The van der Waals surface area contributed by atoms with Crippen molar-refractivity contribution < 1.29 is 23.8 Å². The fraction of sp³-hybridized carbons (Fsp3) is 0.130. The highest BCUT2D eigenvalue weighted by Gasteiger charge is 2.15. The lowest BCUT2D eigenvalue weighted by Crippen LogP contribution is -2.21. The van der Waals surface area contributed by atoms with Gasteiger partial charge in [-0.15, -0.1) is 0 Å². The van der Waals surface area contributed by atoms with Crippen LogP contribution in [0.2, 0.25) is 0 Å². The number of methoxy groups -OCH3 is 1. The van der Waals surface area contributed by atoms with Crippen molar-refractivity contribution in [3.63, 3.8) is 0 Å². The molecule has 0 aliphatic rings. The number of hydrogen-bond acceptors (Lipinski definition) is 5. The Bertz CT molecular complexity index is 972. The predicted octanol–water partition coefficient (Wildman–Crippen LogP) is 4.07. The molecule has 29 heavy (non-hydrogen) atoms. The molecule has 0 aliphatic carbocycles. The third kappa shape index (κ3) is 5.84. The molecule has 0 spiro atoms. The van der Waals surface area contributed by atoms with Crippen LogP contribution in [-0.2, 0) is 16.1 Å². The summed E-state index contributed by atoms with van der Waals surface area (Å²) in [5, 5.41) is 2.66. The van der Waals surface area contributed by atoms with Crippen LogP contribution in [0.15, 0.2) is 78.9 Å². The zero-order chi connectivity index (χ0) is 20.5. The zero-order valence-corrected chi connectivity index (χ0v) is 16.0. The van der Waals surface area contributed by atoms with Gasteiger partial charge in [0.2, 0.25) is 0 Å². The van der Waals surface area contributed by atoms with Crippen LogP contribution in [0.25, 0.3) is 0 Å². The molecule has 0 unspecified atom stereocenters. The van der Waals surface area contributed by atoms with E-state index in [1.165, 1.54) is 0 Å². The minimum Gasteiger partial charge on any atom is -0.497 e. The van der Waals surface area contributed by atoms with Crippen molar-refractivity contribution in [1.29, 1.82) is 0 Å². The summed E-state index contributed by atoms with van der Waals surface area (Å²) >= 11 is 0. The molecule has 0 aromatic heterocycles. The number of carbonyl (C=O) groups excluding carboxylic acids is 2. The molecule has 0 radical (unpaired) electrons. The van der Waals surface area contributed by atoms with Gasteiger partial charge in [0.1, 0.15) is 23.7 Å². The number of rotatable bonds is 8. The van der Waals surface area contributed by atoms with E-state index in [4.69, 9.17) is 14.2 Å². The van der Waals surface area contributed by atoms with Crippen LogP contribution in [0, 0.1) is 0 Å². The van der Waals surface area contributed by atoms with E-state index in [-0.39, 0.29) is 5.56 Å². The van der Waals surface area contributed by atoms with Gasteiger partial charge >= 0.3 is 5.97 Å². The highest BCUT2D eigenvalue weighted by Crippen LogP contribution is 2.21. The first-order valence-corrected chi connectivity index (χ1v) is 9.02. The molecule has 1 N–H and O–H groups in total. The molecule has 0 saturated carbocycles. The molecule has 0 saturated heterocycles. The number of anilines is 1. The Labute approximate surface area is 169 Å². The van der Waals surface area contributed by atoms with Crippen molar-refractivity contribution in [2.45, 2.75) is 6.61 Å². The summed E-state index contributed by atoms with van der Waals surface area (Å²) in [7, 11) is 1.54. The van der Waals surface area contributed by atoms with Gasteiger partial charge in [0.05, 0.1) is 7.11 Å². The number of hydrogen-bond donors (Lipinski definition) is 1. The van der Waals surface area contributed by atoms with Gasteiger partial charge in [0, 0.05) is 11.8 Å². The maximum Gasteiger partial charge on any atom is 0.342 e. The molecular weight excluding hydrogens is 370 g/mol. The average molecular weight is 391 g/mol. The lowest BCUT2D eigenvalue weighted by Gasteiger charge is -2.11. The fourth-order valence-corrected chi connectivity index (χ4v) is 2.60. The Morgan fingerprint density at radius 3 is 2.45 bits per heavy atom. The molecule has 148 valence electrons. The van der Waals surface area contributed by atoms with Crippen molar-refractivity contribution in [3.05, 3.63) is 90.0 Å². The summed E-state index contributed by atoms with van der Waals surface area (Å²) in [4.78, 5) is 24.5. The Balaban J connectivity index is 1.57. The van der Waals surface area contributed by atoms with Gasteiger partial charge in [-0.2, -0.15) is 0 Å². The standard InChI is InChI=1S/C23H21NO5/c1-27-19-11-7-10-18(14-19)24-22(25)16-29-23(26)20-12-5-6-13-21(20)28-15-17-8-3-2-4-9-17/h2-14H,15-16H2,1H3,(H,24,25). The van der Waals surface area contributed by atoms with Crippen molar-refractivity contribution in [1.82, 2.24) is 0 Å². The predicted molar refractivity (Wildman–Crippen MR) is 109 cm³/mol. The van der Waals surface area contributed by atoms with Crippen molar-refractivity contribution in [2.24, 2.45) is 0 Å². The summed E-state index contributed by atoms with van der Waals surface area (Å²) < 4.78 is 16.0. The molecule has 0 bridgehead atoms. The molecule has 0 aliphatic heterocycles. The normalized spacial score (nSPS) is 10.1. The molecule has 0 atom stereocenters. The van der Waals surface area contributed by atoms with E-state index in [2.05, 4.69) is 5.32 Å². The summed E-state index contributed by atoms with van der Waals surface area (Å²) in [6.07, 6.45) is 0. The highest BCUT2D eigenvalue weighted by atomic mass is 16.5. The second-order valence-corrected chi connectivity index (χ2v) is 6.13. The van der Waals surface area contributed by atoms with E-state index >= 15 is 0 Å². The van der Waals surface area contributed by atoms with Crippen LogP contribution in [0.5, 0.6) is 11.5 Å². The van der Waals surface area contributed by atoms with E-state index in [9.17, 15) is 9.59 Å². The van der Waals surface area contributed by atoms with E-state index < -0.39 is 18.5 Å². The number of carbonyl (C=O) groups is 2. The number of para-hydroxylation sites is 1. The molecule has 6 heteroatoms. The van der Waals surface area contributed by atoms with Crippen molar-refractivity contribution in [2.75, 3.05) is 19.0 Å². The van der Waals surface area contributed by atoms with Crippen molar-refractivity contribution >= 4 is 17.6 Å². The summed E-state index contributed by atoms with van der Waals surface area (Å²) in [5.41, 5.74) is 1.79. The molecule has 0 fully saturated rings. The Morgan fingerprint density at radius 2 is 1.66 bits per heavy atom. The second kappa shape index (κ2) is 9.94. The molecule has 3 aromatic rings. The first-order valence-electron chi connectivity index (χ1n) is 9.02.